The zero-order chi connectivity index (χ0) is 19.0. The first-order chi connectivity index (χ1) is 13.0. The van der Waals surface area contributed by atoms with E-state index in [0.29, 0.717) is 5.58 Å². The maximum absolute atomic E-state index is 12.0. The van der Waals surface area contributed by atoms with Gasteiger partial charge in [-0.3, -0.25) is 4.90 Å². The molecule has 0 spiro atoms. The molecule has 0 saturated carbocycles. The summed E-state index contributed by atoms with van der Waals surface area (Å²) < 4.78 is 5.43. The fourth-order valence-corrected chi connectivity index (χ4v) is 3.84. The molecule has 0 bridgehead atoms. The van der Waals surface area contributed by atoms with Gasteiger partial charge in [0.2, 0.25) is 0 Å². The molecule has 0 atom stereocenters. The molecule has 0 aliphatic carbocycles. The van der Waals surface area contributed by atoms with Gasteiger partial charge >= 0.3 is 5.63 Å². The van der Waals surface area contributed by atoms with Crippen LogP contribution in [0.5, 0.6) is 0 Å². The highest BCUT2D eigenvalue weighted by Crippen LogP contribution is 2.24. The first-order valence-corrected chi connectivity index (χ1v) is 9.57. The van der Waals surface area contributed by atoms with Crippen LogP contribution in [0.3, 0.4) is 0 Å². The predicted octanol–water partition coefficient (Wildman–Crippen LogP) is 4.04. The van der Waals surface area contributed by atoms with E-state index in [2.05, 4.69) is 54.0 Å². The second-order valence-electron chi connectivity index (χ2n) is 7.63. The van der Waals surface area contributed by atoms with Crippen LogP contribution in [0, 0.1) is 20.8 Å². The van der Waals surface area contributed by atoms with Gasteiger partial charge in [0, 0.05) is 49.9 Å². The maximum atomic E-state index is 12.0. The molecule has 4 nitrogen and oxygen atoms in total. The van der Waals surface area contributed by atoms with Crippen LogP contribution in [-0.2, 0) is 6.54 Å². The molecule has 0 radical (unpaired) electrons. The minimum atomic E-state index is -0.265. The van der Waals surface area contributed by atoms with Crippen molar-refractivity contribution in [2.24, 2.45) is 0 Å². The van der Waals surface area contributed by atoms with E-state index in [1.54, 1.807) is 6.07 Å². The van der Waals surface area contributed by atoms with Crippen molar-refractivity contribution >= 4 is 16.7 Å². The van der Waals surface area contributed by atoms with Gasteiger partial charge in [-0.05, 0) is 67.3 Å². The summed E-state index contributed by atoms with van der Waals surface area (Å²) in [6, 6.07) is 14.5. The molecule has 0 unspecified atom stereocenters. The van der Waals surface area contributed by atoms with Crippen molar-refractivity contribution in [3.8, 4) is 0 Å². The number of rotatable bonds is 3. The molecule has 27 heavy (non-hydrogen) atoms. The lowest BCUT2D eigenvalue weighted by molar-refractivity contribution is 0.250. The molecule has 1 fully saturated rings. The Balaban J connectivity index is 1.52. The summed E-state index contributed by atoms with van der Waals surface area (Å²) in [5.41, 5.74) is 6.46. The van der Waals surface area contributed by atoms with Crippen molar-refractivity contribution in [1.29, 1.82) is 0 Å². The van der Waals surface area contributed by atoms with Crippen LogP contribution in [0.15, 0.2) is 51.7 Å². The van der Waals surface area contributed by atoms with Crippen LogP contribution in [-0.4, -0.2) is 31.1 Å². The number of hydrogen-bond acceptors (Lipinski definition) is 4. The van der Waals surface area contributed by atoms with E-state index in [1.807, 2.05) is 13.0 Å². The second kappa shape index (κ2) is 7.20. The van der Waals surface area contributed by atoms with Crippen LogP contribution in [0.2, 0.25) is 0 Å². The fourth-order valence-electron chi connectivity index (χ4n) is 3.84. The lowest BCUT2D eigenvalue weighted by Gasteiger charge is -2.36. The van der Waals surface area contributed by atoms with E-state index in [9.17, 15) is 4.79 Å². The molecule has 1 aromatic heterocycles. The summed E-state index contributed by atoms with van der Waals surface area (Å²) in [4.78, 5) is 16.9. The summed E-state index contributed by atoms with van der Waals surface area (Å²) in [5.74, 6) is 0. The number of anilines is 1. The molecule has 0 amide bonds. The number of fused-ring (bicyclic) bond motifs is 1. The smallest absolute Gasteiger partial charge is 0.336 e. The Labute approximate surface area is 160 Å². The number of hydrogen-bond donors (Lipinski definition) is 0. The molecule has 3 aromatic rings. The highest BCUT2D eigenvalue weighted by atomic mass is 16.4. The minimum Gasteiger partial charge on any atom is -0.423 e. The topological polar surface area (TPSA) is 36.7 Å². The van der Waals surface area contributed by atoms with Crippen molar-refractivity contribution in [2.45, 2.75) is 27.3 Å². The first kappa shape index (κ1) is 17.8. The van der Waals surface area contributed by atoms with Gasteiger partial charge in [0.1, 0.15) is 5.58 Å². The van der Waals surface area contributed by atoms with E-state index in [-0.39, 0.29) is 5.63 Å². The third-order valence-corrected chi connectivity index (χ3v) is 5.58. The van der Waals surface area contributed by atoms with Crippen LogP contribution in [0.4, 0.5) is 5.69 Å². The van der Waals surface area contributed by atoms with Crippen molar-refractivity contribution in [3.05, 3.63) is 75.1 Å². The molecule has 2 heterocycles. The van der Waals surface area contributed by atoms with Crippen LogP contribution in [0.25, 0.3) is 11.0 Å². The Morgan fingerprint density at radius 2 is 1.67 bits per heavy atom. The molecular weight excluding hydrogens is 336 g/mol. The number of nitrogens with zero attached hydrogens (tertiary/aromatic N) is 2. The highest BCUT2D eigenvalue weighted by molar-refractivity contribution is 5.81. The lowest BCUT2D eigenvalue weighted by Crippen LogP contribution is -2.46. The Kier molecular flexibility index (Phi) is 4.75. The third-order valence-electron chi connectivity index (χ3n) is 5.58. The van der Waals surface area contributed by atoms with E-state index in [4.69, 9.17) is 4.42 Å². The van der Waals surface area contributed by atoms with Crippen LogP contribution in [0.1, 0.15) is 22.3 Å². The standard InChI is InChI=1S/C23H26N2O2/c1-16-5-4-6-20(11-16)25-9-7-24(8-10-25)15-19-14-23(26)27-22-13-18(3)17(2)12-21(19)22/h4-6,11-14H,7-10,15H2,1-3H3. The second-order valence-corrected chi connectivity index (χ2v) is 7.63. The largest absolute Gasteiger partial charge is 0.423 e. The predicted molar refractivity (Wildman–Crippen MR) is 111 cm³/mol. The Bertz CT molecular complexity index is 1030. The van der Waals surface area contributed by atoms with E-state index >= 15 is 0 Å². The molecule has 4 rings (SSSR count). The Morgan fingerprint density at radius 3 is 2.41 bits per heavy atom. The molecule has 2 aromatic carbocycles. The SMILES string of the molecule is Cc1cccc(N2CCN(Cc3cc(=O)oc4cc(C)c(C)cc34)CC2)c1. The summed E-state index contributed by atoms with van der Waals surface area (Å²) in [6.45, 7) is 11.0. The van der Waals surface area contributed by atoms with Gasteiger partial charge < -0.3 is 9.32 Å². The third kappa shape index (κ3) is 3.76. The molecule has 1 aliphatic heterocycles. The molecule has 1 saturated heterocycles. The van der Waals surface area contributed by atoms with Crippen LogP contribution >= 0.6 is 0 Å². The number of benzene rings is 2. The highest BCUT2D eigenvalue weighted by Gasteiger charge is 2.19. The van der Waals surface area contributed by atoms with Gasteiger partial charge in [-0.25, -0.2) is 4.79 Å². The number of piperazine rings is 1. The lowest BCUT2D eigenvalue weighted by atomic mass is 10.0. The zero-order valence-electron chi connectivity index (χ0n) is 16.3. The monoisotopic (exact) mass is 362 g/mol. The molecule has 140 valence electrons. The zero-order valence-corrected chi connectivity index (χ0v) is 16.3. The van der Waals surface area contributed by atoms with Crippen molar-refractivity contribution in [1.82, 2.24) is 4.90 Å². The van der Waals surface area contributed by atoms with Gasteiger partial charge in [0.15, 0.2) is 0 Å². The van der Waals surface area contributed by atoms with Crippen molar-refractivity contribution < 1.29 is 4.42 Å². The molecular formula is C23H26N2O2. The summed E-state index contributed by atoms with van der Waals surface area (Å²) >= 11 is 0. The van der Waals surface area contributed by atoms with E-state index < -0.39 is 0 Å². The maximum Gasteiger partial charge on any atom is 0.336 e. The van der Waals surface area contributed by atoms with Gasteiger partial charge in [-0.15, -0.1) is 0 Å². The summed E-state index contributed by atoms with van der Waals surface area (Å²) in [7, 11) is 0. The van der Waals surface area contributed by atoms with Gasteiger partial charge in [0.05, 0.1) is 0 Å². The Hall–Kier alpha value is -2.59. The average Bonchev–Trinajstić information content (AvgIpc) is 2.64. The average molecular weight is 362 g/mol. The van der Waals surface area contributed by atoms with Gasteiger partial charge in [-0.2, -0.15) is 0 Å². The molecule has 0 N–H and O–H groups in total. The van der Waals surface area contributed by atoms with Crippen LogP contribution < -0.4 is 10.5 Å². The van der Waals surface area contributed by atoms with E-state index in [0.717, 1.165) is 49.2 Å². The van der Waals surface area contributed by atoms with Gasteiger partial charge in [-0.1, -0.05) is 12.1 Å². The quantitative estimate of drug-likeness (QED) is 0.659. The van der Waals surface area contributed by atoms with Gasteiger partial charge in [0.25, 0.3) is 0 Å². The van der Waals surface area contributed by atoms with E-state index in [1.165, 1.54) is 16.8 Å². The fraction of sp³-hybridized carbons (Fsp3) is 0.348. The normalized spacial score (nSPS) is 15.4. The van der Waals surface area contributed by atoms with Crippen molar-refractivity contribution in [3.63, 3.8) is 0 Å². The minimum absolute atomic E-state index is 0.265. The Morgan fingerprint density at radius 1 is 0.926 bits per heavy atom. The number of aryl methyl sites for hydroxylation is 3. The molecule has 4 heteroatoms. The van der Waals surface area contributed by atoms with Crippen molar-refractivity contribution in [2.75, 3.05) is 31.1 Å². The first-order valence-electron chi connectivity index (χ1n) is 9.57. The molecule has 1 aliphatic rings. The summed E-state index contributed by atoms with van der Waals surface area (Å²) in [6.07, 6.45) is 0. The summed E-state index contributed by atoms with van der Waals surface area (Å²) in [5, 5.41) is 1.05.